The van der Waals surface area contributed by atoms with Gasteiger partial charge in [-0.2, -0.15) is 5.10 Å². The van der Waals surface area contributed by atoms with Crippen LogP contribution in [0.1, 0.15) is 56.9 Å². The highest BCUT2D eigenvalue weighted by Gasteiger charge is 2.14. The van der Waals surface area contributed by atoms with Crippen LogP contribution in [0.2, 0.25) is 0 Å². The molecule has 7 nitrogen and oxygen atoms in total. The van der Waals surface area contributed by atoms with Crippen molar-refractivity contribution in [1.82, 2.24) is 15.1 Å². The van der Waals surface area contributed by atoms with Gasteiger partial charge in [0.1, 0.15) is 0 Å². The van der Waals surface area contributed by atoms with E-state index in [1.807, 2.05) is 20.8 Å². The van der Waals surface area contributed by atoms with E-state index >= 15 is 0 Å². The molecule has 1 aromatic heterocycles. The van der Waals surface area contributed by atoms with Crippen molar-refractivity contribution in [1.29, 1.82) is 0 Å². The van der Waals surface area contributed by atoms with Gasteiger partial charge in [-0.05, 0) is 25.3 Å². The summed E-state index contributed by atoms with van der Waals surface area (Å²) in [6.45, 7) is 6.05. The number of hydrogen-bond acceptors (Lipinski definition) is 5. The molecule has 0 aliphatic rings. The van der Waals surface area contributed by atoms with Crippen molar-refractivity contribution in [2.75, 3.05) is 6.61 Å². The number of esters is 1. The topological polar surface area (TPSA) is 90.3 Å². The molecule has 0 fully saturated rings. The molecule has 0 atom stereocenters. The molecule has 0 bridgehead atoms. The minimum Gasteiger partial charge on any atom is -0.451 e. The fourth-order valence-electron chi connectivity index (χ4n) is 1.99. The minimum absolute atomic E-state index is 0.0241. The summed E-state index contributed by atoms with van der Waals surface area (Å²) in [7, 11) is 0. The summed E-state index contributed by atoms with van der Waals surface area (Å²) < 4.78 is 6.19. The quantitative estimate of drug-likeness (QED) is 0.696. The van der Waals surface area contributed by atoms with Crippen LogP contribution in [0, 0.1) is 0 Å². The largest absolute Gasteiger partial charge is 0.451 e. The van der Waals surface area contributed by atoms with E-state index in [0.29, 0.717) is 6.54 Å². The number of nitrogens with zero attached hydrogens (tertiary/aromatic N) is 2. The van der Waals surface area contributed by atoms with Crippen LogP contribution in [0.3, 0.4) is 0 Å². The van der Waals surface area contributed by atoms with Gasteiger partial charge >= 0.3 is 5.97 Å². The molecule has 0 aliphatic heterocycles. The zero-order valence-corrected chi connectivity index (χ0v) is 14.0. The molecule has 0 aromatic carbocycles. The van der Waals surface area contributed by atoms with Crippen LogP contribution in [0.4, 0.5) is 0 Å². The Morgan fingerprint density at radius 2 is 1.96 bits per heavy atom. The molecule has 1 aromatic rings. The summed E-state index contributed by atoms with van der Waals surface area (Å²) in [6.07, 6.45) is 3.35. The van der Waals surface area contributed by atoms with E-state index in [1.54, 1.807) is 0 Å². The number of hydrogen-bond donors (Lipinski definition) is 1. The Balaban J connectivity index is 2.61. The van der Waals surface area contributed by atoms with E-state index in [2.05, 4.69) is 10.4 Å². The number of unbranched alkanes of at least 4 members (excludes halogenated alkanes) is 1. The number of amides is 1. The Morgan fingerprint density at radius 1 is 1.26 bits per heavy atom. The molecule has 1 heterocycles. The number of ether oxygens (including phenoxy) is 1. The molecule has 0 aliphatic carbocycles. The Morgan fingerprint density at radius 3 is 2.57 bits per heavy atom. The van der Waals surface area contributed by atoms with Crippen LogP contribution >= 0.6 is 0 Å². The minimum atomic E-state index is -0.713. The lowest BCUT2D eigenvalue weighted by Crippen LogP contribution is -2.37. The monoisotopic (exact) mass is 323 g/mol. The van der Waals surface area contributed by atoms with Gasteiger partial charge in [0.15, 0.2) is 12.3 Å². The Hall–Kier alpha value is -2.18. The van der Waals surface area contributed by atoms with Crippen molar-refractivity contribution in [3.05, 3.63) is 28.2 Å². The van der Waals surface area contributed by atoms with Crippen LogP contribution in [0.25, 0.3) is 0 Å². The first-order chi connectivity index (χ1) is 11.0. The summed E-state index contributed by atoms with van der Waals surface area (Å²) in [6, 6.07) is 2.67. The summed E-state index contributed by atoms with van der Waals surface area (Å²) in [5.41, 5.74) is -0.238. The van der Waals surface area contributed by atoms with Crippen LogP contribution < -0.4 is 10.9 Å². The first-order valence-corrected chi connectivity index (χ1v) is 8.06. The van der Waals surface area contributed by atoms with E-state index in [1.165, 1.54) is 16.8 Å². The fourth-order valence-corrected chi connectivity index (χ4v) is 1.99. The second-order valence-corrected chi connectivity index (χ2v) is 5.29. The predicted octanol–water partition coefficient (Wildman–Crippen LogP) is 1.50. The van der Waals surface area contributed by atoms with Crippen LogP contribution in [0.15, 0.2) is 16.9 Å². The Kier molecular flexibility index (Phi) is 8.01. The van der Waals surface area contributed by atoms with Crippen LogP contribution in [-0.2, 0) is 16.1 Å². The van der Waals surface area contributed by atoms with Crippen molar-refractivity contribution >= 4 is 11.9 Å². The lowest BCUT2D eigenvalue weighted by molar-refractivity contribution is -0.125. The molecule has 1 N–H and O–H groups in total. The van der Waals surface area contributed by atoms with Gasteiger partial charge in [0, 0.05) is 18.7 Å². The average Bonchev–Trinajstić information content (AvgIpc) is 2.56. The van der Waals surface area contributed by atoms with Gasteiger partial charge in [0.25, 0.3) is 11.5 Å². The molecule has 1 amide bonds. The van der Waals surface area contributed by atoms with Gasteiger partial charge in [0.05, 0.1) is 0 Å². The van der Waals surface area contributed by atoms with Crippen molar-refractivity contribution in [3.8, 4) is 0 Å². The lowest BCUT2D eigenvalue weighted by atomic mass is 10.2. The molecule has 7 heteroatoms. The van der Waals surface area contributed by atoms with Gasteiger partial charge in [-0.1, -0.05) is 27.2 Å². The number of nitrogens with one attached hydrogen (secondary N) is 1. The Labute approximate surface area is 136 Å². The van der Waals surface area contributed by atoms with E-state index in [-0.39, 0.29) is 29.8 Å². The highest BCUT2D eigenvalue weighted by molar-refractivity contribution is 5.89. The molecular weight excluding hydrogens is 298 g/mol. The van der Waals surface area contributed by atoms with Crippen molar-refractivity contribution in [2.24, 2.45) is 0 Å². The number of aryl methyl sites for hydroxylation is 1. The second-order valence-electron chi connectivity index (χ2n) is 5.29. The third kappa shape index (κ3) is 6.22. The number of carbonyl (C=O) groups excluding carboxylic acids is 2. The van der Waals surface area contributed by atoms with Gasteiger partial charge in [-0.25, -0.2) is 9.48 Å². The van der Waals surface area contributed by atoms with Crippen molar-refractivity contribution in [2.45, 2.75) is 59.0 Å². The summed E-state index contributed by atoms with van der Waals surface area (Å²) in [5, 5.41) is 6.76. The number of rotatable bonds is 9. The van der Waals surface area contributed by atoms with Crippen LogP contribution in [0.5, 0.6) is 0 Å². The number of aromatic nitrogens is 2. The molecular formula is C16H25N3O4. The highest BCUT2D eigenvalue weighted by atomic mass is 16.5. The third-order valence-corrected chi connectivity index (χ3v) is 3.48. The summed E-state index contributed by atoms with van der Waals surface area (Å²) >= 11 is 0. The maximum absolute atomic E-state index is 11.9. The third-order valence-electron chi connectivity index (χ3n) is 3.48. The first kappa shape index (κ1) is 18.9. The fraction of sp³-hybridized carbons (Fsp3) is 0.625. The standard InChI is InChI=1S/C16H25N3O4/c1-4-7-10-19-15(21)9-8-13(18-19)16(22)23-11-14(20)17-12(5-2)6-3/h8-9,12H,4-7,10-11H2,1-3H3,(H,17,20). The first-order valence-electron chi connectivity index (χ1n) is 8.06. The molecule has 128 valence electrons. The van der Waals surface area contributed by atoms with E-state index in [0.717, 1.165) is 25.7 Å². The normalized spacial score (nSPS) is 10.6. The highest BCUT2D eigenvalue weighted by Crippen LogP contribution is 1.99. The van der Waals surface area contributed by atoms with E-state index in [9.17, 15) is 14.4 Å². The van der Waals surface area contributed by atoms with Gasteiger partial charge in [-0.15, -0.1) is 0 Å². The van der Waals surface area contributed by atoms with Gasteiger partial charge in [0.2, 0.25) is 0 Å². The zero-order valence-electron chi connectivity index (χ0n) is 14.0. The maximum Gasteiger partial charge on any atom is 0.359 e. The zero-order chi connectivity index (χ0) is 17.2. The molecule has 0 spiro atoms. The molecule has 0 unspecified atom stereocenters. The molecule has 0 saturated carbocycles. The van der Waals surface area contributed by atoms with E-state index in [4.69, 9.17) is 4.74 Å². The van der Waals surface area contributed by atoms with Gasteiger partial charge < -0.3 is 10.1 Å². The SMILES string of the molecule is CCCCn1nc(C(=O)OCC(=O)NC(CC)CC)ccc1=O. The predicted molar refractivity (Wildman–Crippen MR) is 86.2 cm³/mol. The Bertz CT molecular complexity index is 579. The molecule has 0 radical (unpaired) electrons. The smallest absolute Gasteiger partial charge is 0.359 e. The van der Waals surface area contributed by atoms with Crippen molar-refractivity contribution in [3.63, 3.8) is 0 Å². The summed E-state index contributed by atoms with van der Waals surface area (Å²) in [5.74, 6) is -1.05. The maximum atomic E-state index is 11.9. The van der Waals surface area contributed by atoms with Crippen LogP contribution in [-0.4, -0.2) is 34.3 Å². The molecule has 0 saturated heterocycles. The average molecular weight is 323 g/mol. The lowest BCUT2D eigenvalue weighted by Gasteiger charge is -2.14. The molecule has 23 heavy (non-hydrogen) atoms. The van der Waals surface area contributed by atoms with Gasteiger partial charge in [-0.3, -0.25) is 9.59 Å². The summed E-state index contributed by atoms with van der Waals surface area (Å²) in [4.78, 5) is 35.3. The van der Waals surface area contributed by atoms with Crippen molar-refractivity contribution < 1.29 is 14.3 Å². The van der Waals surface area contributed by atoms with E-state index < -0.39 is 5.97 Å². The second kappa shape index (κ2) is 9.76. The number of carbonyl (C=O) groups is 2. The molecule has 1 rings (SSSR count).